The highest BCUT2D eigenvalue weighted by Gasteiger charge is 2.24. The molecule has 3 aromatic heterocycles. The molecular formula is C48H30N2S. The first-order valence-corrected chi connectivity index (χ1v) is 18.3. The van der Waals surface area contributed by atoms with Crippen LogP contribution in [0.15, 0.2) is 182 Å². The molecule has 0 aliphatic rings. The Bertz CT molecular complexity index is 3110. The van der Waals surface area contributed by atoms with Gasteiger partial charge < -0.3 is 9.13 Å². The molecule has 0 unspecified atom stereocenters. The summed E-state index contributed by atoms with van der Waals surface area (Å²) in [6, 6.07) is 66.5. The summed E-state index contributed by atoms with van der Waals surface area (Å²) in [5.74, 6) is 0. The van der Waals surface area contributed by atoms with E-state index in [0.717, 1.165) is 11.4 Å². The largest absolute Gasteiger partial charge is 0.309 e. The Balaban J connectivity index is 1.23. The molecule has 238 valence electrons. The molecule has 0 bridgehead atoms. The third kappa shape index (κ3) is 4.16. The minimum atomic E-state index is 1.15. The molecule has 0 amide bonds. The number of aromatic nitrogens is 2. The molecule has 2 nitrogen and oxygen atoms in total. The van der Waals surface area contributed by atoms with Gasteiger partial charge in [-0.05, 0) is 65.2 Å². The number of hydrogen-bond acceptors (Lipinski definition) is 1. The SMILES string of the molecule is c1ccc(-c2c3c4ccccc4n(-c4ccccc4)c3cc3c2c2ccccc2n3-c2ccc(-c3cccc4c3sc3ccccc34)cc2)cc1. The Labute approximate surface area is 298 Å². The predicted molar refractivity (Wildman–Crippen MR) is 219 cm³/mol. The van der Waals surface area contributed by atoms with Crippen LogP contribution >= 0.6 is 11.3 Å². The van der Waals surface area contributed by atoms with Gasteiger partial charge >= 0.3 is 0 Å². The minimum Gasteiger partial charge on any atom is -0.309 e. The second kappa shape index (κ2) is 11.0. The Hall–Kier alpha value is -6.42. The van der Waals surface area contributed by atoms with Crippen molar-refractivity contribution in [2.45, 2.75) is 0 Å². The maximum Gasteiger partial charge on any atom is 0.0568 e. The fourth-order valence-corrected chi connectivity index (χ4v) is 9.60. The molecule has 8 aromatic carbocycles. The highest BCUT2D eigenvalue weighted by Crippen LogP contribution is 2.47. The van der Waals surface area contributed by atoms with Crippen LogP contribution in [0.1, 0.15) is 0 Å². The van der Waals surface area contributed by atoms with Crippen molar-refractivity contribution < 1.29 is 0 Å². The van der Waals surface area contributed by atoms with Crippen molar-refractivity contribution in [2.24, 2.45) is 0 Å². The van der Waals surface area contributed by atoms with E-state index in [9.17, 15) is 0 Å². The van der Waals surface area contributed by atoms with Crippen LogP contribution < -0.4 is 0 Å². The molecule has 11 aromatic rings. The molecule has 51 heavy (non-hydrogen) atoms. The average Bonchev–Trinajstić information content (AvgIpc) is 3.85. The highest BCUT2D eigenvalue weighted by molar-refractivity contribution is 7.26. The van der Waals surface area contributed by atoms with Crippen molar-refractivity contribution in [2.75, 3.05) is 0 Å². The molecule has 3 heteroatoms. The first kappa shape index (κ1) is 28.4. The van der Waals surface area contributed by atoms with Crippen molar-refractivity contribution in [1.29, 1.82) is 0 Å². The lowest BCUT2D eigenvalue weighted by atomic mass is 9.94. The molecule has 0 saturated carbocycles. The highest BCUT2D eigenvalue weighted by atomic mass is 32.1. The van der Waals surface area contributed by atoms with E-state index in [4.69, 9.17) is 0 Å². The molecule has 3 heterocycles. The van der Waals surface area contributed by atoms with Gasteiger partial charge in [-0.25, -0.2) is 0 Å². The monoisotopic (exact) mass is 666 g/mol. The molecule has 0 aliphatic carbocycles. The zero-order valence-electron chi connectivity index (χ0n) is 27.6. The van der Waals surface area contributed by atoms with Gasteiger partial charge in [-0.2, -0.15) is 0 Å². The van der Waals surface area contributed by atoms with Crippen molar-refractivity contribution in [3.05, 3.63) is 182 Å². The zero-order valence-corrected chi connectivity index (χ0v) is 28.4. The van der Waals surface area contributed by atoms with Gasteiger partial charge in [-0.15, -0.1) is 11.3 Å². The van der Waals surface area contributed by atoms with E-state index < -0.39 is 0 Å². The van der Waals surface area contributed by atoms with Gasteiger partial charge in [0.15, 0.2) is 0 Å². The van der Waals surface area contributed by atoms with Crippen LogP contribution in [0.25, 0.3) is 97.4 Å². The Morgan fingerprint density at radius 1 is 0.353 bits per heavy atom. The third-order valence-electron chi connectivity index (χ3n) is 10.5. The molecule has 11 rings (SSSR count). The average molecular weight is 667 g/mol. The summed E-state index contributed by atoms with van der Waals surface area (Å²) < 4.78 is 7.57. The van der Waals surface area contributed by atoms with Gasteiger partial charge in [0.05, 0.1) is 22.1 Å². The molecule has 0 saturated heterocycles. The molecular weight excluding hydrogens is 637 g/mol. The number of benzene rings is 8. The Morgan fingerprint density at radius 3 is 1.55 bits per heavy atom. The van der Waals surface area contributed by atoms with Crippen LogP contribution in [0, 0.1) is 0 Å². The second-order valence-corrected chi connectivity index (χ2v) is 14.3. The lowest BCUT2D eigenvalue weighted by Gasteiger charge is -2.13. The van der Waals surface area contributed by atoms with Gasteiger partial charge in [-0.3, -0.25) is 0 Å². The van der Waals surface area contributed by atoms with Crippen molar-refractivity contribution in [1.82, 2.24) is 9.13 Å². The van der Waals surface area contributed by atoms with E-state index >= 15 is 0 Å². The number of thiophene rings is 1. The number of nitrogens with zero attached hydrogens (tertiary/aromatic N) is 2. The predicted octanol–water partition coefficient (Wildman–Crippen LogP) is 13.6. The van der Waals surface area contributed by atoms with Gasteiger partial charge in [-0.1, -0.05) is 133 Å². The Morgan fingerprint density at radius 2 is 0.882 bits per heavy atom. The van der Waals surface area contributed by atoms with Crippen LogP contribution in [0.3, 0.4) is 0 Å². The normalized spacial score (nSPS) is 11.9. The standard InChI is InChI=1S/C48H30N2S/c1-3-14-32(15-4-1)45-46-38-19-7-10-23-40(38)49(33-16-5-2-6-17-33)42(46)30-43-47(45)39-20-8-11-24-41(39)50(43)34-28-26-31(27-29-34)35-21-13-22-37-36-18-9-12-25-44(36)51-48(35)37/h1-30H. The van der Waals surface area contributed by atoms with E-state index in [2.05, 4.69) is 191 Å². The summed E-state index contributed by atoms with van der Waals surface area (Å²) in [6.07, 6.45) is 0. The first-order valence-electron chi connectivity index (χ1n) is 17.4. The Kier molecular flexibility index (Phi) is 6.16. The summed E-state index contributed by atoms with van der Waals surface area (Å²) in [5, 5.41) is 7.72. The summed E-state index contributed by atoms with van der Waals surface area (Å²) in [4.78, 5) is 0. The molecule has 0 N–H and O–H groups in total. The fourth-order valence-electron chi connectivity index (χ4n) is 8.36. The lowest BCUT2D eigenvalue weighted by molar-refractivity contribution is 1.16. The quantitative estimate of drug-likeness (QED) is 0.177. The molecule has 0 atom stereocenters. The maximum atomic E-state index is 2.47. The zero-order chi connectivity index (χ0) is 33.5. The van der Waals surface area contributed by atoms with Gasteiger partial charge in [0.2, 0.25) is 0 Å². The topological polar surface area (TPSA) is 9.86 Å². The molecule has 0 aliphatic heterocycles. The van der Waals surface area contributed by atoms with Crippen LogP contribution in [-0.2, 0) is 0 Å². The lowest BCUT2D eigenvalue weighted by Crippen LogP contribution is -1.96. The van der Waals surface area contributed by atoms with Gasteiger partial charge in [0.25, 0.3) is 0 Å². The van der Waals surface area contributed by atoms with E-state index in [-0.39, 0.29) is 0 Å². The summed E-state index contributed by atoms with van der Waals surface area (Å²) >= 11 is 1.88. The van der Waals surface area contributed by atoms with Crippen molar-refractivity contribution in [3.63, 3.8) is 0 Å². The van der Waals surface area contributed by atoms with Crippen molar-refractivity contribution >= 4 is 75.1 Å². The van der Waals surface area contributed by atoms with Crippen LogP contribution in [0.2, 0.25) is 0 Å². The molecule has 0 fully saturated rings. The fraction of sp³-hybridized carbons (Fsp3) is 0. The first-order chi connectivity index (χ1) is 25.3. The van der Waals surface area contributed by atoms with Gasteiger partial charge in [0, 0.05) is 58.7 Å². The van der Waals surface area contributed by atoms with E-state index in [1.165, 1.54) is 86.0 Å². The summed E-state index contributed by atoms with van der Waals surface area (Å²) in [7, 11) is 0. The summed E-state index contributed by atoms with van der Waals surface area (Å²) in [6.45, 7) is 0. The minimum absolute atomic E-state index is 1.15. The van der Waals surface area contributed by atoms with Gasteiger partial charge in [0.1, 0.15) is 0 Å². The van der Waals surface area contributed by atoms with Crippen molar-refractivity contribution in [3.8, 4) is 33.6 Å². The third-order valence-corrected chi connectivity index (χ3v) is 11.7. The van der Waals surface area contributed by atoms with E-state index in [1.807, 2.05) is 11.3 Å². The number of rotatable bonds is 4. The number of fused-ring (bicyclic) bond motifs is 9. The van der Waals surface area contributed by atoms with Crippen LogP contribution in [-0.4, -0.2) is 9.13 Å². The maximum absolute atomic E-state index is 2.47. The summed E-state index contributed by atoms with van der Waals surface area (Å²) in [5.41, 5.74) is 12.1. The number of hydrogen-bond donors (Lipinski definition) is 0. The molecule has 0 radical (unpaired) electrons. The van der Waals surface area contributed by atoms with Crippen LogP contribution in [0.4, 0.5) is 0 Å². The van der Waals surface area contributed by atoms with Crippen LogP contribution in [0.5, 0.6) is 0 Å². The number of para-hydroxylation sites is 3. The second-order valence-electron chi connectivity index (χ2n) is 13.3. The molecule has 0 spiro atoms. The van der Waals surface area contributed by atoms with E-state index in [0.29, 0.717) is 0 Å². The van der Waals surface area contributed by atoms with E-state index in [1.54, 1.807) is 0 Å². The smallest absolute Gasteiger partial charge is 0.0568 e.